The van der Waals surface area contributed by atoms with Crippen molar-refractivity contribution < 1.29 is 24.2 Å². The molecular weight excluding hydrogens is 476 g/mol. The number of fused-ring (bicyclic) bond motifs is 2. The summed E-state index contributed by atoms with van der Waals surface area (Å²) in [5, 5.41) is 9.11. The van der Waals surface area contributed by atoms with Crippen molar-refractivity contribution in [1.82, 2.24) is 9.80 Å². The van der Waals surface area contributed by atoms with Gasteiger partial charge in [-0.3, -0.25) is 14.4 Å². The third-order valence-corrected chi connectivity index (χ3v) is 9.97. The molecule has 36 heavy (non-hydrogen) atoms. The first kappa shape index (κ1) is 27.2. The van der Waals surface area contributed by atoms with Crippen molar-refractivity contribution in [1.29, 1.82) is 0 Å². The van der Waals surface area contributed by atoms with Crippen LogP contribution in [0.4, 0.5) is 0 Å². The predicted molar refractivity (Wildman–Crippen MR) is 141 cm³/mol. The van der Waals surface area contributed by atoms with Gasteiger partial charge in [-0.1, -0.05) is 56.9 Å². The summed E-state index contributed by atoms with van der Waals surface area (Å²) in [6.45, 7) is 6.41. The number of aliphatic hydroxyl groups excluding tert-OH is 1. The molecule has 5 atom stereocenters. The van der Waals surface area contributed by atoms with E-state index in [1.54, 1.807) is 16.7 Å². The summed E-state index contributed by atoms with van der Waals surface area (Å²) < 4.78 is 4.27. The molecule has 1 N–H and O–H groups in total. The van der Waals surface area contributed by atoms with Crippen molar-refractivity contribution in [3.05, 3.63) is 24.3 Å². The number of aliphatic hydroxyl groups is 1. The van der Waals surface area contributed by atoms with E-state index in [0.717, 1.165) is 57.8 Å². The standard InChI is InChI=1S/C28H42N2O5S/c1-3-4-9-16-29-17-13-15-28-21(22-26(34)35-20-12-7-8-14-27(22,2)36-28)24(32)30(23(28)25(29)33)18-10-5-6-11-19-31/h8,13-15,21-23,31H,3-7,9-12,16-20H2,1-2H3/b14-8-/t21-,22+,23?,27-,28-/m0/s1. The molecule has 1 spiro atoms. The minimum absolute atomic E-state index is 0.00209. The molecule has 2 amide bonds. The highest BCUT2D eigenvalue weighted by Crippen LogP contribution is 2.65. The van der Waals surface area contributed by atoms with Gasteiger partial charge in [0.25, 0.3) is 0 Å². The first-order valence-electron chi connectivity index (χ1n) is 13.8. The second-order valence-corrected chi connectivity index (χ2v) is 12.6. The summed E-state index contributed by atoms with van der Waals surface area (Å²) in [5.74, 6) is -1.67. The third kappa shape index (κ3) is 5.00. The Hall–Kier alpha value is -1.80. The van der Waals surface area contributed by atoms with E-state index in [2.05, 4.69) is 25.2 Å². The fraction of sp³-hybridized carbons (Fsp3) is 0.750. The van der Waals surface area contributed by atoms with Crippen LogP contribution in [-0.2, 0) is 19.1 Å². The lowest BCUT2D eigenvalue weighted by molar-refractivity contribution is -0.154. The van der Waals surface area contributed by atoms with Gasteiger partial charge in [0, 0.05) is 31.0 Å². The molecule has 0 aromatic rings. The number of hydrogen-bond acceptors (Lipinski definition) is 6. The topological polar surface area (TPSA) is 87.2 Å². The Balaban J connectivity index is 1.71. The van der Waals surface area contributed by atoms with Crippen LogP contribution in [0.2, 0.25) is 0 Å². The van der Waals surface area contributed by atoms with E-state index in [1.165, 1.54) is 0 Å². The maximum atomic E-state index is 14.2. The van der Waals surface area contributed by atoms with E-state index in [-0.39, 0.29) is 24.4 Å². The van der Waals surface area contributed by atoms with Crippen LogP contribution in [0.5, 0.6) is 0 Å². The largest absolute Gasteiger partial charge is 0.465 e. The first-order chi connectivity index (χ1) is 17.4. The van der Waals surface area contributed by atoms with Crippen LogP contribution >= 0.6 is 11.8 Å². The Kier molecular flexibility index (Phi) is 8.87. The smallest absolute Gasteiger partial charge is 0.311 e. The Morgan fingerprint density at radius 1 is 1.00 bits per heavy atom. The van der Waals surface area contributed by atoms with E-state index in [9.17, 15) is 14.4 Å². The molecule has 0 aromatic carbocycles. The van der Waals surface area contributed by atoms with E-state index in [0.29, 0.717) is 26.2 Å². The molecule has 0 bridgehead atoms. The van der Waals surface area contributed by atoms with Gasteiger partial charge >= 0.3 is 5.97 Å². The van der Waals surface area contributed by atoms with Crippen molar-refractivity contribution in [3.63, 3.8) is 0 Å². The lowest BCUT2D eigenvalue weighted by Crippen LogP contribution is -2.53. The highest BCUT2D eigenvalue weighted by Gasteiger charge is 2.73. The summed E-state index contributed by atoms with van der Waals surface area (Å²) in [7, 11) is 0. The van der Waals surface area contributed by atoms with Gasteiger partial charge in [-0.25, -0.2) is 0 Å². The normalized spacial score (nSPS) is 34.9. The molecule has 4 rings (SSSR count). The minimum atomic E-state index is -0.791. The lowest BCUT2D eigenvalue weighted by Gasteiger charge is -2.37. The quantitative estimate of drug-likeness (QED) is 0.270. The number of rotatable bonds is 10. The second-order valence-electron chi connectivity index (χ2n) is 10.8. The highest BCUT2D eigenvalue weighted by molar-refractivity contribution is 8.02. The molecule has 0 aliphatic carbocycles. The monoisotopic (exact) mass is 518 g/mol. The third-order valence-electron chi connectivity index (χ3n) is 8.17. The van der Waals surface area contributed by atoms with Crippen LogP contribution in [0.1, 0.15) is 71.6 Å². The zero-order valence-corrected chi connectivity index (χ0v) is 22.6. The van der Waals surface area contributed by atoms with Crippen molar-refractivity contribution in [3.8, 4) is 0 Å². The molecular formula is C28H42N2O5S. The molecule has 4 aliphatic heterocycles. The van der Waals surface area contributed by atoms with Gasteiger partial charge < -0.3 is 19.6 Å². The summed E-state index contributed by atoms with van der Waals surface area (Å²) >= 11 is 1.62. The van der Waals surface area contributed by atoms with Crippen molar-refractivity contribution in [2.75, 3.05) is 32.8 Å². The number of nitrogens with zero attached hydrogens (tertiary/aromatic N) is 2. The molecule has 1 unspecified atom stereocenters. The van der Waals surface area contributed by atoms with Gasteiger partial charge in [-0.15, -0.1) is 11.8 Å². The Labute approximate surface area is 219 Å². The average molecular weight is 519 g/mol. The molecule has 4 aliphatic rings. The number of thioether (sulfide) groups is 1. The van der Waals surface area contributed by atoms with Crippen molar-refractivity contribution in [2.45, 2.75) is 87.2 Å². The fourth-order valence-electron chi connectivity index (χ4n) is 6.42. The van der Waals surface area contributed by atoms with Gasteiger partial charge in [-0.2, -0.15) is 0 Å². The van der Waals surface area contributed by atoms with Gasteiger partial charge in [0.1, 0.15) is 6.04 Å². The lowest BCUT2D eigenvalue weighted by atomic mass is 9.74. The fourth-order valence-corrected chi connectivity index (χ4v) is 8.58. The number of cyclic esters (lactones) is 1. The van der Waals surface area contributed by atoms with Crippen LogP contribution in [0.25, 0.3) is 0 Å². The van der Waals surface area contributed by atoms with E-state index in [4.69, 9.17) is 9.84 Å². The summed E-state index contributed by atoms with van der Waals surface area (Å²) in [5.41, 5.74) is 0. The second kappa shape index (κ2) is 11.7. The van der Waals surface area contributed by atoms with Crippen LogP contribution < -0.4 is 0 Å². The molecule has 0 saturated carbocycles. The van der Waals surface area contributed by atoms with Crippen LogP contribution in [0, 0.1) is 11.8 Å². The summed E-state index contributed by atoms with van der Waals surface area (Å²) in [6, 6.07) is -0.619. The van der Waals surface area contributed by atoms with E-state index >= 15 is 0 Å². The van der Waals surface area contributed by atoms with E-state index in [1.807, 2.05) is 17.9 Å². The molecule has 0 aromatic heterocycles. The van der Waals surface area contributed by atoms with Gasteiger partial charge in [0.05, 0.1) is 23.2 Å². The van der Waals surface area contributed by atoms with Crippen LogP contribution in [0.15, 0.2) is 24.3 Å². The molecule has 8 heteroatoms. The minimum Gasteiger partial charge on any atom is -0.465 e. The molecule has 2 fully saturated rings. The molecule has 0 radical (unpaired) electrons. The number of unbranched alkanes of at least 4 members (excludes halogenated alkanes) is 5. The first-order valence-corrected chi connectivity index (χ1v) is 14.6. The number of amides is 2. The number of carbonyl (C=O) groups excluding carboxylic acids is 3. The zero-order valence-electron chi connectivity index (χ0n) is 21.8. The van der Waals surface area contributed by atoms with Crippen molar-refractivity contribution in [2.24, 2.45) is 11.8 Å². The van der Waals surface area contributed by atoms with Gasteiger partial charge in [0.2, 0.25) is 11.8 Å². The predicted octanol–water partition coefficient (Wildman–Crippen LogP) is 3.71. The van der Waals surface area contributed by atoms with Crippen LogP contribution in [0.3, 0.4) is 0 Å². The molecule has 4 heterocycles. The summed E-state index contributed by atoms with van der Waals surface area (Å²) in [6.07, 6.45) is 16.3. The van der Waals surface area contributed by atoms with Crippen molar-refractivity contribution >= 4 is 29.5 Å². The molecule has 2 saturated heterocycles. The maximum Gasteiger partial charge on any atom is 0.311 e. The number of ether oxygens (including phenoxy) is 1. The number of esters is 1. The number of hydrogen-bond donors (Lipinski definition) is 1. The SMILES string of the molecule is CCCCCN1CC=C[C@]23S[C@@]4(C)/C=C\CCCOC(=O)[C@H]4[C@H]2C(=O)N(CCCCCCO)C3C1=O. The number of likely N-dealkylation sites (tertiary alicyclic amines) is 1. The zero-order chi connectivity index (χ0) is 25.8. The Morgan fingerprint density at radius 2 is 1.78 bits per heavy atom. The van der Waals surface area contributed by atoms with Crippen LogP contribution in [-0.4, -0.2) is 81.1 Å². The average Bonchev–Trinajstić information content (AvgIpc) is 3.20. The Bertz CT molecular complexity index is 891. The molecule has 200 valence electrons. The van der Waals surface area contributed by atoms with Gasteiger partial charge in [-0.05, 0) is 39.0 Å². The molecule has 7 nitrogen and oxygen atoms in total. The number of allylic oxidation sites excluding steroid dienone is 1. The Morgan fingerprint density at radius 3 is 2.56 bits per heavy atom. The maximum absolute atomic E-state index is 14.2. The highest BCUT2D eigenvalue weighted by atomic mass is 32.2. The van der Waals surface area contributed by atoms with Gasteiger partial charge in [0.15, 0.2) is 0 Å². The van der Waals surface area contributed by atoms with E-state index < -0.39 is 27.4 Å². The number of carbonyl (C=O) groups is 3. The summed E-state index contributed by atoms with van der Waals surface area (Å²) in [4.78, 5) is 45.4.